The molecule has 7 heteroatoms. The van der Waals surface area contributed by atoms with Gasteiger partial charge in [0.1, 0.15) is 17.1 Å². The fourth-order valence-corrected chi connectivity index (χ4v) is 3.00. The molecule has 0 saturated carbocycles. The first-order chi connectivity index (χ1) is 13.5. The molecule has 1 aromatic heterocycles. The van der Waals surface area contributed by atoms with Crippen LogP contribution in [0.1, 0.15) is 24.3 Å². The number of halogens is 1. The average Bonchev–Trinajstić information content (AvgIpc) is 3.11. The third kappa shape index (κ3) is 4.84. The molecule has 146 valence electrons. The molecule has 1 amide bonds. The molecule has 1 heterocycles. The zero-order chi connectivity index (χ0) is 20.1. The van der Waals surface area contributed by atoms with Gasteiger partial charge in [0.2, 0.25) is 0 Å². The number of ether oxygens (including phenoxy) is 2. The smallest absolute Gasteiger partial charge is 0.310 e. The van der Waals surface area contributed by atoms with Gasteiger partial charge in [0.25, 0.3) is 5.91 Å². The number of carbonyl (C=O) groups is 2. The zero-order valence-corrected chi connectivity index (χ0v) is 16.3. The number of hydrogen-bond donors (Lipinski definition) is 1. The molecule has 0 aliphatic carbocycles. The maximum atomic E-state index is 12.1. The molecular formula is C21H20ClNO5. The largest absolute Gasteiger partial charge is 0.496 e. The van der Waals surface area contributed by atoms with Crippen molar-refractivity contribution in [2.75, 3.05) is 13.7 Å². The van der Waals surface area contributed by atoms with Crippen molar-refractivity contribution in [3.05, 3.63) is 64.9 Å². The summed E-state index contributed by atoms with van der Waals surface area (Å²) in [6.07, 6.45) is -0.0455. The van der Waals surface area contributed by atoms with E-state index in [0.29, 0.717) is 22.1 Å². The van der Waals surface area contributed by atoms with Crippen LogP contribution in [-0.2, 0) is 20.7 Å². The Kier molecular flexibility index (Phi) is 6.21. The molecule has 28 heavy (non-hydrogen) atoms. The Hall–Kier alpha value is -2.99. The molecule has 0 aliphatic rings. The summed E-state index contributed by atoms with van der Waals surface area (Å²) in [5.74, 6) is 0.195. The number of amides is 1. The van der Waals surface area contributed by atoms with E-state index in [-0.39, 0.29) is 19.1 Å². The fourth-order valence-electron chi connectivity index (χ4n) is 2.81. The van der Waals surface area contributed by atoms with Crippen molar-refractivity contribution >= 4 is 34.4 Å². The lowest BCUT2D eigenvalue weighted by molar-refractivity contribution is -0.148. The minimum Gasteiger partial charge on any atom is -0.496 e. The third-order valence-electron chi connectivity index (χ3n) is 4.19. The molecule has 0 aliphatic heterocycles. The summed E-state index contributed by atoms with van der Waals surface area (Å²) < 4.78 is 16.0. The van der Waals surface area contributed by atoms with Crippen molar-refractivity contribution in [1.82, 2.24) is 5.32 Å². The summed E-state index contributed by atoms with van der Waals surface area (Å²) in [5.41, 5.74) is 1.34. The number of esters is 1. The second-order valence-corrected chi connectivity index (χ2v) is 6.71. The van der Waals surface area contributed by atoms with Crippen molar-refractivity contribution in [2.24, 2.45) is 0 Å². The predicted octanol–water partition coefficient (Wildman–Crippen LogP) is 4.06. The van der Waals surface area contributed by atoms with Crippen LogP contribution in [0.25, 0.3) is 11.0 Å². The van der Waals surface area contributed by atoms with E-state index in [1.165, 1.54) is 7.11 Å². The van der Waals surface area contributed by atoms with Gasteiger partial charge >= 0.3 is 5.97 Å². The zero-order valence-electron chi connectivity index (χ0n) is 15.5. The number of benzene rings is 2. The monoisotopic (exact) mass is 401 g/mol. The van der Waals surface area contributed by atoms with Crippen LogP contribution in [0.15, 0.2) is 52.9 Å². The lowest BCUT2D eigenvalue weighted by Crippen LogP contribution is -2.31. The average molecular weight is 402 g/mol. The molecule has 1 N–H and O–H groups in total. The summed E-state index contributed by atoms with van der Waals surface area (Å²) in [6.45, 7) is 1.42. The second-order valence-electron chi connectivity index (χ2n) is 6.27. The minimum absolute atomic E-state index is 0.0455. The Bertz CT molecular complexity index is 964. The van der Waals surface area contributed by atoms with Crippen molar-refractivity contribution < 1.29 is 23.5 Å². The maximum Gasteiger partial charge on any atom is 0.310 e. The highest BCUT2D eigenvalue weighted by Gasteiger charge is 2.16. The van der Waals surface area contributed by atoms with Gasteiger partial charge < -0.3 is 19.2 Å². The normalized spacial score (nSPS) is 11.8. The van der Waals surface area contributed by atoms with Crippen LogP contribution < -0.4 is 10.1 Å². The Balaban J connectivity index is 1.52. The van der Waals surface area contributed by atoms with E-state index in [2.05, 4.69) is 5.32 Å². The molecular weight excluding hydrogens is 382 g/mol. The third-order valence-corrected chi connectivity index (χ3v) is 4.43. The molecule has 0 spiro atoms. The van der Waals surface area contributed by atoms with Gasteiger partial charge in [-0.3, -0.25) is 9.59 Å². The number of carbonyl (C=O) groups excluding carboxylic acids is 2. The van der Waals surface area contributed by atoms with Crippen molar-refractivity contribution in [1.29, 1.82) is 0 Å². The molecule has 0 saturated heterocycles. The van der Waals surface area contributed by atoms with Crippen LogP contribution in [0, 0.1) is 0 Å². The number of fused-ring (bicyclic) bond motifs is 1. The topological polar surface area (TPSA) is 77.8 Å². The van der Waals surface area contributed by atoms with Gasteiger partial charge in [-0.25, -0.2) is 0 Å². The standard InChI is InChI=1S/C21H20ClNO5/c1-13(19-10-14-5-3-4-6-18(14)28-19)23-20(24)12-27-21(25)11-15-9-16(22)7-8-17(15)26-2/h3-10,13H,11-12H2,1-2H3,(H,23,24)/t13-/m1/s1. The highest BCUT2D eigenvalue weighted by Crippen LogP contribution is 2.24. The molecule has 0 fully saturated rings. The lowest BCUT2D eigenvalue weighted by atomic mass is 10.1. The number of furan rings is 1. The van der Waals surface area contributed by atoms with E-state index in [1.807, 2.05) is 30.3 Å². The maximum absolute atomic E-state index is 12.1. The number of para-hydroxylation sites is 1. The van der Waals surface area contributed by atoms with Crippen LogP contribution in [0.4, 0.5) is 0 Å². The minimum atomic E-state index is -0.549. The van der Waals surface area contributed by atoms with Gasteiger partial charge in [0.05, 0.1) is 19.6 Å². The summed E-state index contributed by atoms with van der Waals surface area (Å²) in [5, 5.41) is 4.20. The van der Waals surface area contributed by atoms with Gasteiger partial charge in [0, 0.05) is 16.0 Å². The Morgan fingerprint density at radius 3 is 2.71 bits per heavy atom. The molecule has 0 unspecified atom stereocenters. The summed E-state index contributed by atoms with van der Waals surface area (Å²) >= 11 is 5.95. The molecule has 3 aromatic rings. The van der Waals surface area contributed by atoms with E-state index in [1.54, 1.807) is 25.1 Å². The number of hydrogen-bond acceptors (Lipinski definition) is 5. The first kappa shape index (κ1) is 19.8. The first-order valence-electron chi connectivity index (χ1n) is 8.72. The van der Waals surface area contributed by atoms with E-state index < -0.39 is 11.9 Å². The fraction of sp³-hybridized carbons (Fsp3) is 0.238. The molecule has 1 atom stereocenters. The van der Waals surface area contributed by atoms with Gasteiger partial charge in [-0.15, -0.1) is 0 Å². The van der Waals surface area contributed by atoms with E-state index in [9.17, 15) is 9.59 Å². The van der Waals surface area contributed by atoms with Gasteiger partial charge in [-0.2, -0.15) is 0 Å². The molecule has 0 radical (unpaired) electrons. The number of rotatable bonds is 7. The van der Waals surface area contributed by atoms with Gasteiger partial charge in [-0.1, -0.05) is 29.8 Å². The molecule has 2 aromatic carbocycles. The highest BCUT2D eigenvalue weighted by atomic mass is 35.5. The molecule has 6 nitrogen and oxygen atoms in total. The summed E-state index contributed by atoms with van der Waals surface area (Å²) in [6, 6.07) is 14.1. The van der Waals surface area contributed by atoms with Crippen LogP contribution in [-0.4, -0.2) is 25.6 Å². The summed E-state index contributed by atoms with van der Waals surface area (Å²) in [7, 11) is 1.50. The van der Waals surface area contributed by atoms with Crippen molar-refractivity contribution in [3.63, 3.8) is 0 Å². The van der Waals surface area contributed by atoms with Crippen LogP contribution >= 0.6 is 11.6 Å². The Morgan fingerprint density at radius 1 is 1.18 bits per heavy atom. The van der Waals surface area contributed by atoms with Crippen LogP contribution in [0.3, 0.4) is 0 Å². The summed E-state index contributed by atoms with van der Waals surface area (Å²) in [4.78, 5) is 24.2. The quantitative estimate of drug-likeness (QED) is 0.604. The molecule has 3 rings (SSSR count). The highest BCUT2D eigenvalue weighted by molar-refractivity contribution is 6.30. The van der Waals surface area contributed by atoms with Crippen molar-refractivity contribution in [2.45, 2.75) is 19.4 Å². The van der Waals surface area contributed by atoms with E-state index >= 15 is 0 Å². The number of methoxy groups -OCH3 is 1. The second kappa shape index (κ2) is 8.80. The Labute approximate surface area is 167 Å². The Morgan fingerprint density at radius 2 is 1.96 bits per heavy atom. The number of nitrogens with one attached hydrogen (secondary N) is 1. The lowest BCUT2D eigenvalue weighted by Gasteiger charge is -2.12. The SMILES string of the molecule is COc1ccc(Cl)cc1CC(=O)OCC(=O)N[C@H](C)c1cc2ccccc2o1. The first-order valence-corrected chi connectivity index (χ1v) is 9.10. The van der Waals surface area contributed by atoms with Gasteiger partial charge in [0.15, 0.2) is 6.61 Å². The predicted molar refractivity (Wildman–Crippen MR) is 105 cm³/mol. The van der Waals surface area contributed by atoms with E-state index in [0.717, 1.165) is 11.0 Å². The molecule has 0 bridgehead atoms. The van der Waals surface area contributed by atoms with Crippen molar-refractivity contribution in [3.8, 4) is 5.75 Å². The van der Waals surface area contributed by atoms with Crippen LogP contribution in [0.5, 0.6) is 5.75 Å². The van der Waals surface area contributed by atoms with Gasteiger partial charge in [-0.05, 0) is 37.3 Å². The van der Waals surface area contributed by atoms with Crippen LogP contribution in [0.2, 0.25) is 5.02 Å². The van der Waals surface area contributed by atoms with E-state index in [4.69, 9.17) is 25.5 Å².